The molecule has 1 aromatic heterocycles. The molecule has 0 fully saturated rings. The monoisotopic (exact) mass is 315 g/mol. The molecule has 116 valence electrons. The number of hydrogen-bond acceptors (Lipinski definition) is 4. The SMILES string of the molecule is COc1c(O)ccc2c1CN1C[C@H](C)c3sc(C)cc3C1C2. The predicted octanol–water partition coefficient (Wildman–Crippen LogP) is 3.99. The fourth-order valence-electron chi connectivity index (χ4n) is 4.03. The van der Waals surface area contributed by atoms with E-state index in [1.54, 1.807) is 18.1 Å². The third kappa shape index (κ3) is 1.97. The summed E-state index contributed by atoms with van der Waals surface area (Å²) in [4.78, 5) is 5.52. The third-order valence-electron chi connectivity index (χ3n) is 4.99. The third-order valence-corrected chi connectivity index (χ3v) is 6.28. The average Bonchev–Trinajstić information content (AvgIpc) is 2.88. The van der Waals surface area contributed by atoms with Gasteiger partial charge in [0.25, 0.3) is 0 Å². The molecule has 2 aliphatic rings. The fourth-order valence-corrected chi connectivity index (χ4v) is 5.15. The van der Waals surface area contributed by atoms with Crippen molar-refractivity contribution in [2.24, 2.45) is 0 Å². The summed E-state index contributed by atoms with van der Waals surface area (Å²) < 4.78 is 5.45. The number of benzene rings is 1. The summed E-state index contributed by atoms with van der Waals surface area (Å²) in [6, 6.07) is 6.66. The number of methoxy groups -OCH3 is 1. The topological polar surface area (TPSA) is 32.7 Å². The van der Waals surface area contributed by atoms with Gasteiger partial charge in [-0.15, -0.1) is 11.3 Å². The van der Waals surface area contributed by atoms with E-state index in [1.807, 2.05) is 11.3 Å². The zero-order valence-electron chi connectivity index (χ0n) is 13.2. The minimum absolute atomic E-state index is 0.247. The zero-order valence-corrected chi connectivity index (χ0v) is 14.0. The minimum Gasteiger partial charge on any atom is -0.504 e. The van der Waals surface area contributed by atoms with E-state index in [9.17, 15) is 5.11 Å². The molecule has 0 bridgehead atoms. The number of phenolic OH excluding ortho intramolecular Hbond substituents is 1. The van der Waals surface area contributed by atoms with Gasteiger partial charge in [-0.1, -0.05) is 13.0 Å². The molecule has 22 heavy (non-hydrogen) atoms. The molecule has 2 aromatic rings. The van der Waals surface area contributed by atoms with Gasteiger partial charge in [-0.25, -0.2) is 0 Å². The van der Waals surface area contributed by atoms with Crippen LogP contribution >= 0.6 is 11.3 Å². The van der Waals surface area contributed by atoms with Gasteiger partial charge in [-0.2, -0.15) is 0 Å². The Labute approximate surface area is 135 Å². The summed E-state index contributed by atoms with van der Waals surface area (Å²) in [7, 11) is 1.64. The van der Waals surface area contributed by atoms with Gasteiger partial charge in [0, 0.05) is 40.4 Å². The van der Waals surface area contributed by atoms with E-state index >= 15 is 0 Å². The Morgan fingerprint density at radius 2 is 2.18 bits per heavy atom. The Kier molecular flexibility index (Phi) is 3.20. The molecule has 0 radical (unpaired) electrons. The normalized spacial score (nSPS) is 23.6. The quantitative estimate of drug-likeness (QED) is 0.864. The zero-order chi connectivity index (χ0) is 15.4. The second kappa shape index (κ2) is 5.00. The second-order valence-electron chi connectivity index (χ2n) is 6.48. The highest BCUT2D eigenvalue weighted by Gasteiger charge is 2.37. The maximum absolute atomic E-state index is 10.0. The Bertz CT molecular complexity index is 737. The fraction of sp³-hybridized carbons (Fsp3) is 0.444. The molecule has 0 saturated heterocycles. The lowest BCUT2D eigenvalue weighted by atomic mass is 9.84. The summed E-state index contributed by atoms with van der Waals surface area (Å²) >= 11 is 1.95. The maximum atomic E-state index is 10.0. The lowest BCUT2D eigenvalue weighted by molar-refractivity contribution is 0.147. The molecular formula is C18H21NO2S. The molecule has 0 spiro atoms. The Morgan fingerprint density at radius 3 is 2.95 bits per heavy atom. The first-order chi connectivity index (χ1) is 10.6. The number of rotatable bonds is 1. The van der Waals surface area contributed by atoms with Crippen LogP contribution in [0, 0.1) is 6.92 Å². The van der Waals surface area contributed by atoms with E-state index in [4.69, 9.17) is 4.74 Å². The smallest absolute Gasteiger partial charge is 0.165 e. The lowest BCUT2D eigenvalue weighted by Crippen LogP contribution is -2.40. The number of aromatic hydroxyl groups is 1. The van der Waals surface area contributed by atoms with Gasteiger partial charge in [-0.05, 0) is 36.6 Å². The van der Waals surface area contributed by atoms with Crippen molar-refractivity contribution < 1.29 is 9.84 Å². The van der Waals surface area contributed by atoms with Crippen LogP contribution < -0.4 is 4.74 Å². The summed E-state index contributed by atoms with van der Waals surface area (Å²) in [6.45, 7) is 6.46. The number of phenols is 1. The van der Waals surface area contributed by atoms with Gasteiger partial charge in [0.15, 0.2) is 11.5 Å². The molecule has 4 heteroatoms. The van der Waals surface area contributed by atoms with Crippen LogP contribution in [0.15, 0.2) is 18.2 Å². The highest BCUT2D eigenvalue weighted by atomic mass is 32.1. The highest BCUT2D eigenvalue weighted by Crippen LogP contribution is 2.47. The van der Waals surface area contributed by atoms with Crippen molar-refractivity contribution in [3.05, 3.63) is 44.6 Å². The molecule has 1 aromatic carbocycles. The highest BCUT2D eigenvalue weighted by molar-refractivity contribution is 7.12. The van der Waals surface area contributed by atoms with Gasteiger partial charge in [0.1, 0.15) is 0 Å². The first-order valence-corrected chi connectivity index (χ1v) is 8.62. The number of aryl methyl sites for hydroxylation is 1. The summed E-state index contributed by atoms with van der Waals surface area (Å²) in [5, 5.41) is 10.0. The van der Waals surface area contributed by atoms with Crippen LogP contribution in [0.4, 0.5) is 0 Å². The maximum Gasteiger partial charge on any atom is 0.165 e. The van der Waals surface area contributed by atoms with Gasteiger partial charge in [0.2, 0.25) is 0 Å². The van der Waals surface area contributed by atoms with Crippen molar-refractivity contribution in [3.8, 4) is 11.5 Å². The number of hydrogen-bond donors (Lipinski definition) is 1. The van der Waals surface area contributed by atoms with Crippen LogP contribution in [0.2, 0.25) is 0 Å². The Hall–Kier alpha value is -1.52. The second-order valence-corrected chi connectivity index (χ2v) is 7.77. The van der Waals surface area contributed by atoms with Gasteiger partial charge >= 0.3 is 0 Å². The van der Waals surface area contributed by atoms with Crippen LogP contribution in [0.1, 0.15) is 45.3 Å². The Morgan fingerprint density at radius 1 is 1.36 bits per heavy atom. The van der Waals surface area contributed by atoms with Crippen LogP contribution in [-0.4, -0.2) is 23.7 Å². The largest absolute Gasteiger partial charge is 0.504 e. The van der Waals surface area contributed by atoms with Crippen molar-refractivity contribution in [1.82, 2.24) is 4.90 Å². The number of fused-ring (bicyclic) bond motifs is 4. The molecule has 3 nitrogen and oxygen atoms in total. The molecule has 1 unspecified atom stereocenters. The first-order valence-electron chi connectivity index (χ1n) is 7.80. The average molecular weight is 315 g/mol. The number of thiophene rings is 1. The molecule has 1 N–H and O–H groups in total. The first kappa shape index (κ1) is 14.1. The summed E-state index contributed by atoms with van der Waals surface area (Å²) in [5.41, 5.74) is 3.97. The van der Waals surface area contributed by atoms with Gasteiger partial charge in [0.05, 0.1) is 7.11 Å². The molecular weight excluding hydrogens is 294 g/mol. The standard InChI is InChI=1S/C18H21NO2S/c1-10-8-19-9-14-12(4-5-16(20)17(14)21-3)7-15(19)13-6-11(2)22-18(10)13/h4-6,10,15,20H,7-9H2,1-3H3/t10-,15?/m0/s1. The summed E-state index contributed by atoms with van der Waals surface area (Å²) in [5.74, 6) is 1.47. The van der Waals surface area contributed by atoms with Crippen LogP contribution in [0.3, 0.4) is 0 Å². The molecule has 0 amide bonds. The minimum atomic E-state index is 0.247. The van der Waals surface area contributed by atoms with Crippen LogP contribution in [0.5, 0.6) is 11.5 Å². The van der Waals surface area contributed by atoms with E-state index in [-0.39, 0.29) is 5.75 Å². The predicted molar refractivity (Wildman–Crippen MR) is 89.0 cm³/mol. The van der Waals surface area contributed by atoms with Crippen molar-refractivity contribution in [3.63, 3.8) is 0 Å². The van der Waals surface area contributed by atoms with Crippen LogP contribution in [0.25, 0.3) is 0 Å². The summed E-state index contributed by atoms with van der Waals surface area (Å²) in [6.07, 6.45) is 1.00. The van der Waals surface area contributed by atoms with E-state index in [0.717, 1.165) is 25.1 Å². The van der Waals surface area contributed by atoms with Crippen molar-refractivity contribution >= 4 is 11.3 Å². The van der Waals surface area contributed by atoms with Gasteiger partial charge < -0.3 is 9.84 Å². The van der Waals surface area contributed by atoms with Crippen molar-refractivity contribution in [2.45, 2.75) is 38.8 Å². The van der Waals surface area contributed by atoms with Gasteiger partial charge in [-0.3, -0.25) is 4.90 Å². The lowest BCUT2D eigenvalue weighted by Gasteiger charge is -2.42. The van der Waals surface area contributed by atoms with Crippen molar-refractivity contribution in [2.75, 3.05) is 13.7 Å². The molecule has 2 aliphatic heterocycles. The van der Waals surface area contributed by atoms with E-state index in [2.05, 4.69) is 30.9 Å². The molecule has 4 rings (SSSR count). The van der Waals surface area contributed by atoms with E-state index in [1.165, 1.54) is 16.0 Å². The van der Waals surface area contributed by atoms with E-state index in [0.29, 0.717) is 17.7 Å². The number of nitrogens with zero attached hydrogens (tertiary/aromatic N) is 1. The Balaban J connectivity index is 1.80. The van der Waals surface area contributed by atoms with E-state index < -0.39 is 0 Å². The van der Waals surface area contributed by atoms with Crippen molar-refractivity contribution in [1.29, 1.82) is 0 Å². The molecule has 3 heterocycles. The molecule has 0 aliphatic carbocycles. The number of ether oxygens (including phenoxy) is 1. The van der Waals surface area contributed by atoms with Crippen LogP contribution in [-0.2, 0) is 13.0 Å². The molecule has 2 atom stereocenters. The molecule has 0 saturated carbocycles.